The number of hydrogen-bond acceptors (Lipinski definition) is 12. The molecular formula is C23H26N6O6S2. The van der Waals surface area contributed by atoms with Crippen molar-refractivity contribution in [3.63, 3.8) is 0 Å². The van der Waals surface area contributed by atoms with E-state index in [0.717, 1.165) is 0 Å². The van der Waals surface area contributed by atoms with Crippen LogP contribution in [0.1, 0.15) is 18.4 Å². The molecule has 0 bridgehead atoms. The van der Waals surface area contributed by atoms with Gasteiger partial charge < -0.3 is 19.2 Å². The quantitative estimate of drug-likeness (QED) is 0.328. The van der Waals surface area contributed by atoms with E-state index in [4.69, 9.17) is 14.3 Å². The summed E-state index contributed by atoms with van der Waals surface area (Å²) in [7, 11) is 0.175. The maximum absolute atomic E-state index is 13.3. The molecule has 2 saturated heterocycles. The number of nitrogens with one attached hydrogen (secondary N) is 1. The van der Waals surface area contributed by atoms with Crippen LogP contribution in [0.5, 0.6) is 0 Å². The molecule has 2 aliphatic rings. The number of oxime groups is 1. The van der Waals surface area contributed by atoms with Gasteiger partial charge in [-0.2, -0.15) is 4.98 Å². The van der Waals surface area contributed by atoms with E-state index in [-0.39, 0.29) is 23.3 Å². The number of ether oxygens (including phenoxy) is 2. The molecule has 2 atom stereocenters. The highest BCUT2D eigenvalue weighted by atomic mass is 32.2. The molecule has 0 spiro atoms. The lowest BCUT2D eigenvalue weighted by molar-refractivity contribution is -0.110. The Balaban J connectivity index is 1.40. The molecule has 4 heterocycles. The Morgan fingerprint density at radius 2 is 1.89 bits per heavy atom. The van der Waals surface area contributed by atoms with Crippen molar-refractivity contribution in [1.82, 2.24) is 15.0 Å². The van der Waals surface area contributed by atoms with Gasteiger partial charge in [0.25, 0.3) is 5.91 Å². The molecule has 1 N–H and O–H groups in total. The number of amides is 1. The second kappa shape index (κ2) is 10.7. The number of carbonyl (C=O) groups is 1. The molecule has 14 heteroatoms. The van der Waals surface area contributed by atoms with Gasteiger partial charge in [0.15, 0.2) is 37.3 Å². The van der Waals surface area contributed by atoms with Crippen LogP contribution in [0, 0.1) is 0 Å². The zero-order chi connectivity index (χ0) is 26.0. The van der Waals surface area contributed by atoms with E-state index in [1.807, 2.05) is 19.0 Å². The Bertz CT molecular complexity index is 1410. The average molecular weight is 547 g/mol. The highest BCUT2D eigenvalue weighted by Crippen LogP contribution is 2.26. The third-order valence-corrected chi connectivity index (χ3v) is 9.00. The number of thiazole rings is 1. The van der Waals surface area contributed by atoms with Crippen molar-refractivity contribution in [3.05, 3.63) is 36.0 Å². The number of fused-ring (bicyclic) bond motifs is 1. The van der Waals surface area contributed by atoms with Crippen molar-refractivity contribution in [2.45, 2.75) is 29.1 Å². The Morgan fingerprint density at radius 3 is 2.57 bits per heavy atom. The van der Waals surface area contributed by atoms with Gasteiger partial charge in [-0.3, -0.25) is 10.1 Å². The van der Waals surface area contributed by atoms with Gasteiger partial charge in [0.05, 0.1) is 36.2 Å². The fourth-order valence-corrected chi connectivity index (χ4v) is 6.21. The Morgan fingerprint density at radius 1 is 1.14 bits per heavy atom. The SMILES string of the molecule is CN(C)c1cnc2nc(NC(=O)C(=NO[C@@H]3CCOC3)c3ccc(S(=O)(=O)[C@H]4CCOC4)cc3)sc2n1. The lowest BCUT2D eigenvalue weighted by Crippen LogP contribution is -2.25. The molecule has 5 rings (SSSR count). The summed E-state index contributed by atoms with van der Waals surface area (Å²) in [6, 6.07) is 6.03. The van der Waals surface area contributed by atoms with Crippen molar-refractivity contribution < 1.29 is 27.5 Å². The molecule has 0 saturated carbocycles. The van der Waals surface area contributed by atoms with E-state index >= 15 is 0 Å². The highest BCUT2D eigenvalue weighted by molar-refractivity contribution is 7.92. The van der Waals surface area contributed by atoms with Crippen LogP contribution in [0.25, 0.3) is 10.5 Å². The van der Waals surface area contributed by atoms with Crippen molar-refractivity contribution >= 4 is 54.2 Å². The number of nitrogens with zero attached hydrogens (tertiary/aromatic N) is 5. The van der Waals surface area contributed by atoms with Crippen LogP contribution in [0.4, 0.5) is 10.9 Å². The van der Waals surface area contributed by atoms with Crippen LogP contribution >= 0.6 is 11.3 Å². The number of aromatic nitrogens is 3. The van der Waals surface area contributed by atoms with Crippen molar-refractivity contribution in [2.24, 2.45) is 5.16 Å². The van der Waals surface area contributed by atoms with Crippen LogP contribution in [-0.2, 0) is 28.9 Å². The minimum atomic E-state index is -3.54. The number of hydrogen-bond donors (Lipinski definition) is 1. The maximum atomic E-state index is 13.3. The second-order valence-electron chi connectivity index (χ2n) is 8.81. The third kappa shape index (κ3) is 5.56. The van der Waals surface area contributed by atoms with Gasteiger partial charge in [-0.05, 0) is 18.6 Å². The van der Waals surface area contributed by atoms with Gasteiger partial charge in [-0.15, -0.1) is 0 Å². The summed E-state index contributed by atoms with van der Waals surface area (Å²) in [5.74, 6) is 0.105. The zero-order valence-corrected chi connectivity index (χ0v) is 21.9. The summed E-state index contributed by atoms with van der Waals surface area (Å²) < 4.78 is 36.3. The summed E-state index contributed by atoms with van der Waals surface area (Å²) in [5.41, 5.74) is 0.786. The Hall–Kier alpha value is -3.20. The average Bonchev–Trinajstić information content (AvgIpc) is 3.66. The van der Waals surface area contributed by atoms with Crippen molar-refractivity contribution in [3.8, 4) is 0 Å². The lowest BCUT2D eigenvalue weighted by Gasteiger charge is -2.12. The van der Waals surface area contributed by atoms with Gasteiger partial charge in [0.1, 0.15) is 5.82 Å². The smallest absolute Gasteiger partial charge is 0.280 e. The van der Waals surface area contributed by atoms with Crippen LogP contribution in [0.15, 0.2) is 40.5 Å². The molecule has 12 nitrogen and oxygen atoms in total. The molecule has 37 heavy (non-hydrogen) atoms. The molecule has 0 aliphatic carbocycles. The maximum Gasteiger partial charge on any atom is 0.280 e. The largest absolute Gasteiger partial charge is 0.389 e. The minimum absolute atomic E-state index is 0.0193. The number of rotatable bonds is 8. The first-order valence-corrected chi connectivity index (χ1v) is 14.0. The van der Waals surface area contributed by atoms with Crippen LogP contribution in [-0.4, -0.2) is 86.9 Å². The molecule has 2 aliphatic heterocycles. The summed E-state index contributed by atoms with van der Waals surface area (Å²) in [6.45, 7) is 1.54. The topological polar surface area (TPSA) is 145 Å². The predicted octanol–water partition coefficient (Wildman–Crippen LogP) is 1.86. The van der Waals surface area contributed by atoms with Crippen LogP contribution in [0.2, 0.25) is 0 Å². The number of anilines is 2. The summed E-state index contributed by atoms with van der Waals surface area (Å²) >= 11 is 1.18. The molecule has 2 fully saturated rings. The van der Waals surface area contributed by atoms with Crippen molar-refractivity contribution in [2.75, 3.05) is 50.7 Å². The number of carbonyl (C=O) groups excluding carboxylic acids is 1. The predicted molar refractivity (Wildman–Crippen MR) is 138 cm³/mol. The van der Waals surface area contributed by atoms with E-state index in [1.165, 1.54) is 23.5 Å². The Kier molecular flexibility index (Phi) is 7.33. The van der Waals surface area contributed by atoms with E-state index in [1.54, 1.807) is 18.3 Å². The fraction of sp³-hybridized carbons (Fsp3) is 0.435. The van der Waals surface area contributed by atoms with Crippen LogP contribution < -0.4 is 10.2 Å². The summed E-state index contributed by atoms with van der Waals surface area (Å²) in [6.07, 6.45) is 2.44. The molecule has 0 unspecified atom stereocenters. The fourth-order valence-electron chi connectivity index (χ4n) is 3.84. The van der Waals surface area contributed by atoms with E-state index < -0.39 is 21.0 Å². The third-order valence-electron chi connectivity index (χ3n) is 5.97. The lowest BCUT2D eigenvalue weighted by atomic mass is 10.1. The first kappa shape index (κ1) is 25.4. The summed E-state index contributed by atoms with van der Waals surface area (Å²) in [5, 5.41) is 6.59. The summed E-state index contributed by atoms with van der Waals surface area (Å²) in [4.78, 5) is 34.6. The van der Waals surface area contributed by atoms with Crippen molar-refractivity contribution in [1.29, 1.82) is 0 Å². The van der Waals surface area contributed by atoms with Gasteiger partial charge in [-0.25, -0.2) is 18.4 Å². The molecule has 1 aromatic carbocycles. The normalized spacial score (nSPS) is 20.3. The zero-order valence-electron chi connectivity index (χ0n) is 20.3. The molecule has 3 aromatic rings. The van der Waals surface area contributed by atoms with Crippen LogP contribution in [0.3, 0.4) is 0 Å². The van der Waals surface area contributed by atoms with E-state index in [0.29, 0.717) is 59.7 Å². The number of benzene rings is 1. The molecule has 2 aromatic heterocycles. The highest BCUT2D eigenvalue weighted by Gasteiger charge is 2.31. The monoisotopic (exact) mass is 546 g/mol. The van der Waals surface area contributed by atoms with E-state index in [9.17, 15) is 13.2 Å². The first-order chi connectivity index (χ1) is 17.8. The molecule has 0 radical (unpaired) electrons. The molecule has 196 valence electrons. The first-order valence-electron chi connectivity index (χ1n) is 11.7. The van der Waals surface area contributed by atoms with Gasteiger partial charge in [-0.1, -0.05) is 28.6 Å². The van der Waals surface area contributed by atoms with Gasteiger partial charge in [0.2, 0.25) is 0 Å². The van der Waals surface area contributed by atoms with Gasteiger partial charge >= 0.3 is 0 Å². The standard InChI is InChI=1S/C23H26N6O6S2/c1-29(2)18-11-24-20-22(25-18)36-23(26-20)27-21(30)19(28-35-15-7-9-33-12-15)14-3-5-16(6-4-14)37(31,32)17-8-10-34-13-17/h3-6,11,15,17H,7-10,12-13H2,1-2H3,(H,24,26,27,30)/t15-,17+/m1/s1. The number of sulfone groups is 1. The molecule has 1 amide bonds. The minimum Gasteiger partial charge on any atom is -0.389 e. The second-order valence-corrected chi connectivity index (χ2v) is 12.0. The van der Waals surface area contributed by atoms with E-state index in [2.05, 4.69) is 25.4 Å². The Labute approximate surface area is 217 Å². The molecular weight excluding hydrogens is 520 g/mol. The van der Waals surface area contributed by atoms with Gasteiger partial charge in [0, 0.05) is 32.7 Å².